The normalized spacial score (nSPS) is 25.1. The molecule has 1 N–H and O–H groups in total. The van der Waals surface area contributed by atoms with Gasteiger partial charge in [0.1, 0.15) is 0 Å². The third-order valence-corrected chi connectivity index (χ3v) is 6.16. The smallest absolute Gasteiger partial charge is 0.306 e. The molecule has 4 atom stereocenters. The lowest BCUT2D eigenvalue weighted by molar-refractivity contribution is -0.147. The first-order chi connectivity index (χ1) is 13.6. The van der Waals surface area contributed by atoms with Crippen LogP contribution in [0, 0.1) is 5.92 Å². The second-order valence-corrected chi connectivity index (χ2v) is 10.1. The minimum absolute atomic E-state index is 0.0250. The summed E-state index contributed by atoms with van der Waals surface area (Å²) in [5, 5.41) is 10.6. The van der Waals surface area contributed by atoms with E-state index in [4.69, 9.17) is 16.3 Å². The fourth-order valence-corrected chi connectivity index (χ4v) is 4.53. The standard InChI is InChI=1S/C25H37ClO3/c1-17(2)29-23(28)11-9-7-6-8-10-20-21(26)16-22(27)24(20)18-12-14-19(15-13-18)25(3,4)5/h6,8,12-15,17,20-22,24,27H,7,9-11,16H2,1-5H3/b8-6-. The zero-order chi connectivity index (χ0) is 21.6. The third kappa shape index (κ3) is 7.15. The molecule has 1 aliphatic rings. The van der Waals surface area contributed by atoms with Crippen molar-refractivity contribution in [3.63, 3.8) is 0 Å². The van der Waals surface area contributed by atoms with Crippen LogP contribution in [0.1, 0.15) is 83.8 Å². The number of hydrogen-bond donors (Lipinski definition) is 1. The summed E-state index contributed by atoms with van der Waals surface area (Å²) in [4.78, 5) is 11.6. The van der Waals surface area contributed by atoms with Crippen LogP contribution in [0.25, 0.3) is 0 Å². The molecule has 0 bridgehead atoms. The molecular weight excluding hydrogens is 384 g/mol. The predicted octanol–water partition coefficient (Wildman–Crippen LogP) is 6.12. The first kappa shape index (κ1) is 24.0. The van der Waals surface area contributed by atoms with Crippen molar-refractivity contribution in [2.75, 3.05) is 0 Å². The molecule has 0 radical (unpaired) electrons. The van der Waals surface area contributed by atoms with Gasteiger partial charge in [-0.3, -0.25) is 4.79 Å². The number of esters is 1. The molecule has 0 aromatic heterocycles. The summed E-state index contributed by atoms with van der Waals surface area (Å²) < 4.78 is 5.15. The molecule has 1 aliphatic carbocycles. The summed E-state index contributed by atoms with van der Waals surface area (Å²) >= 11 is 6.60. The van der Waals surface area contributed by atoms with E-state index in [0.717, 1.165) is 19.3 Å². The molecule has 4 heteroatoms. The third-order valence-electron chi connectivity index (χ3n) is 5.66. The Balaban J connectivity index is 1.92. The van der Waals surface area contributed by atoms with E-state index in [-0.39, 0.29) is 34.7 Å². The van der Waals surface area contributed by atoms with E-state index in [2.05, 4.69) is 57.2 Å². The molecule has 1 fully saturated rings. The highest BCUT2D eigenvalue weighted by Crippen LogP contribution is 2.45. The van der Waals surface area contributed by atoms with Crippen LogP contribution >= 0.6 is 11.6 Å². The maximum atomic E-state index is 11.6. The highest BCUT2D eigenvalue weighted by molar-refractivity contribution is 6.21. The number of aliphatic hydroxyl groups excluding tert-OH is 1. The monoisotopic (exact) mass is 420 g/mol. The number of aliphatic hydroxyl groups is 1. The Bertz CT molecular complexity index is 672. The molecular formula is C25H37ClO3. The molecule has 2 rings (SSSR count). The van der Waals surface area contributed by atoms with E-state index in [1.807, 2.05) is 13.8 Å². The van der Waals surface area contributed by atoms with Gasteiger partial charge >= 0.3 is 5.97 Å². The Morgan fingerprint density at radius 1 is 1.24 bits per heavy atom. The molecule has 0 aliphatic heterocycles. The Morgan fingerprint density at radius 3 is 2.48 bits per heavy atom. The van der Waals surface area contributed by atoms with Crippen LogP contribution in [0.4, 0.5) is 0 Å². The van der Waals surface area contributed by atoms with Gasteiger partial charge < -0.3 is 9.84 Å². The number of rotatable bonds is 8. The molecule has 3 nitrogen and oxygen atoms in total. The van der Waals surface area contributed by atoms with Gasteiger partial charge in [-0.2, -0.15) is 0 Å². The number of alkyl halides is 1. The lowest BCUT2D eigenvalue weighted by Crippen LogP contribution is -2.19. The summed E-state index contributed by atoms with van der Waals surface area (Å²) in [5.41, 5.74) is 2.58. The maximum Gasteiger partial charge on any atom is 0.306 e. The maximum absolute atomic E-state index is 11.6. The number of hydrogen-bond acceptors (Lipinski definition) is 3. The SMILES string of the molecule is CC(C)OC(=O)CCC/C=C\CC1C(Cl)CC(O)C1c1ccc(C(C)(C)C)cc1. The molecule has 4 unspecified atom stereocenters. The second-order valence-electron chi connectivity index (χ2n) is 9.52. The van der Waals surface area contributed by atoms with E-state index in [1.54, 1.807) is 0 Å². The molecule has 1 saturated carbocycles. The Kier molecular flexibility index (Phi) is 8.78. The fourth-order valence-electron chi connectivity index (χ4n) is 4.09. The summed E-state index contributed by atoms with van der Waals surface area (Å²) in [7, 11) is 0. The van der Waals surface area contributed by atoms with Gasteiger partial charge in [-0.15, -0.1) is 11.6 Å². The molecule has 29 heavy (non-hydrogen) atoms. The summed E-state index contributed by atoms with van der Waals surface area (Å²) in [6, 6.07) is 8.65. The van der Waals surface area contributed by atoms with E-state index in [9.17, 15) is 9.90 Å². The number of halogens is 1. The molecule has 162 valence electrons. The van der Waals surface area contributed by atoms with Crippen LogP contribution in [0.5, 0.6) is 0 Å². The van der Waals surface area contributed by atoms with E-state index in [1.165, 1.54) is 11.1 Å². The number of carbonyl (C=O) groups excluding carboxylic acids is 1. The number of benzene rings is 1. The van der Waals surface area contributed by atoms with Gasteiger partial charge in [0.15, 0.2) is 0 Å². The van der Waals surface area contributed by atoms with Gasteiger partial charge in [-0.05, 0) is 62.0 Å². The van der Waals surface area contributed by atoms with Crippen molar-refractivity contribution >= 4 is 17.6 Å². The lowest BCUT2D eigenvalue weighted by atomic mass is 9.82. The molecule has 0 heterocycles. The average molecular weight is 421 g/mol. The van der Waals surface area contributed by atoms with E-state index in [0.29, 0.717) is 12.8 Å². The molecule has 0 amide bonds. The van der Waals surface area contributed by atoms with Gasteiger partial charge in [0.2, 0.25) is 0 Å². The number of unbranched alkanes of at least 4 members (excludes halogenated alkanes) is 1. The fraction of sp³-hybridized carbons (Fsp3) is 0.640. The first-order valence-corrected chi connectivity index (χ1v) is 11.3. The van der Waals surface area contributed by atoms with Crippen molar-refractivity contribution in [3.8, 4) is 0 Å². The van der Waals surface area contributed by atoms with Crippen molar-refractivity contribution in [1.29, 1.82) is 0 Å². The lowest BCUT2D eigenvalue weighted by Gasteiger charge is -2.25. The minimum atomic E-state index is -0.401. The largest absolute Gasteiger partial charge is 0.463 e. The quantitative estimate of drug-likeness (QED) is 0.238. The highest BCUT2D eigenvalue weighted by atomic mass is 35.5. The summed E-state index contributed by atoms with van der Waals surface area (Å²) in [6.45, 7) is 10.3. The van der Waals surface area contributed by atoms with Crippen molar-refractivity contribution in [3.05, 3.63) is 47.5 Å². The van der Waals surface area contributed by atoms with Crippen molar-refractivity contribution < 1.29 is 14.6 Å². The predicted molar refractivity (Wildman–Crippen MR) is 120 cm³/mol. The van der Waals surface area contributed by atoms with Gasteiger partial charge in [-0.1, -0.05) is 57.2 Å². The van der Waals surface area contributed by atoms with Crippen LogP contribution in [-0.2, 0) is 14.9 Å². The van der Waals surface area contributed by atoms with Crippen molar-refractivity contribution in [2.45, 2.75) is 95.6 Å². The van der Waals surface area contributed by atoms with Gasteiger partial charge in [0, 0.05) is 17.7 Å². The van der Waals surface area contributed by atoms with Crippen LogP contribution in [0.2, 0.25) is 0 Å². The summed E-state index contributed by atoms with van der Waals surface area (Å²) in [6.07, 6.45) is 7.38. The van der Waals surface area contributed by atoms with Crippen LogP contribution < -0.4 is 0 Å². The van der Waals surface area contributed by atoms with E-state index >= 15 is 0 Å². The Hall–Kier alpha value is -1.32. The van der Waals surface area contributed by atoms with Crippen LogP contribution in [0.15, 0.2) is 36.4 Å². The van der Waals surface area contributed by atoms with Crippen molar-refractivity contribution in [2.24, 2.45) is 5.92 Å². The minimum Gasteiger partial charge on any atom is -0.463 e. The van der Waals surface area contributed by atoms with Gasteiger partial charge in [0.25, 0.3) is 0 Å². The van der Waals surface area contributed by atoms with Crippen LogP contribution in [0.3, 0.4) is 0 Å². The summed E-state index contributed by atoms with van der Waals surface area (Å²) in [5.74, 6) is 0.151. The number of ether oxygens (including phenoxy) is 1. The van der Waals surface area contributed by atoms with Crippen molar-refractivity contribution in [1.82, 2.24) is 0 Å². The Labute approximate surface area is 181 Å². The molecule has 1 aromatic carbocycles. The van der Waals surface area contributed by atoms with Gasteiger partial charge in [0.05, 0.1) is 12.2 Å². The molecule has 0 saturated heterocycles. The zero-order valence-corrected chi connectivity index (χ0v) is 19.3. The van der Waals surface area contributed by atoms with Crippen LogP contribution in [-0.4, -0.2) is 28.7 Å². The van der Waals surface area contributed by atoms with Gasteiger partial charge in [-0.25, -0.2) is 0 Å². The second kappa shape index (κ2) is 10.6. The zero-order valence-electron chi connectivity index (χ0n) is 18.5. The number of allylic oxidation sites excluding steroid dienone is 2. The molecule has 0 spiro atoms. The van der Waals surface area contributed by atoms with E-state index < -0.39 is 6.10 Å². The molecule has 1 aromatic rings. The average Bonchev–Trinajstić information content (AvgIpc) is 2.90. The first-order valence-electron chi connectivity index (χ1n) is 10.9. The Morgan fingerprint density at radius 2 is 1.90 bits per heavy atom. The number of carbonyl (C=O) groups is 1. The highest BCUT2D eigenvalue weighted by Gasteiger charge is 2.41. The topological polar surface area (TPSA) is 46.5 Å².